The summed E-state index contributed by atoms with van der Waals surface area (Å²) in [6.07, 6.45) is 4.91. The third kappa shape index (κ3) is 4.07. The van der Waals surface area contributed by atoms with Crippen molar-refractivity contribution in [2.45, 2.75) is 36.8 Å². The second-order valence-corrected chi connectivity index (χ2v) is 7.71. The summed E-state index contributed by atoms with van der Waals surface area (Å²) in [5, 5.41) is 12.2. The van der Waals surface area contributed by atoms with E-state index in [-0.39, 0.29) is 16.9 Å². The Morgan fingerprint density at radius 2 is 2.00 bits per heavy atom. The third-order valence-electron chi connectivity index (χ3n) is 4.70. The zero-order chi connectivity index (χ0) is 17.9. The molecular weight excluding hydrogens is 338 g/mol. The van der Waals surface area contributed by atoms with E-state index in [2.05, 4.69) is 12.2 Å². The molecule has 1 heterocycles. The number of carboxylic acids is 1. The molecule has 1 amide bonds. The SMILES string of the molecule is CC1(CNC(=O)c2ccccc2SCc2occc2C(=O)O)CCC1. The lowest BCUT2D eigenvalue weighted by Crippen LogP contribution is -2.40. The monoisotopic (exact) mass is 359 g/mol. The Morgan fingerprint density at radius 3 is 2.68 bits per heavy atom. The van der Waals surface area contributed by atoms with Gasteiger partial charge >= 0.3 is 5.97 Å². The molecule has 0 spiro atoms. The topological polar surface area (TPSA) is 79.5 Å². The Balaban J connectivity index is 1.67. The molecule has 132 valence electrons. The summed E-state index contributed by atoms with van der Waals surface area (Å²) in [6, 6.07) is 8.80. The lowest BCUT2D eigenvalue weighted by Gasteiger charge is -2.38. The van der Waals surface area contributed by atoms with Crippen LogP contribution in [0.15, 0.2) is 45.9 Å². The van der Waals surface area contributed by atoms with Crippen LogP contribution < -0.4 is 5.32 Å². The number of carbonyl (C=O) groups is 2. The van der Waals surface area contributed by atoms with Crippen LogP contribution in [-0.4, -0.2) is 23.5 Å². The van der Waals surface area contributed by atoms with Crippen LogP contribution in [0.2, 0.25) is 0 Å². The first kappa shape index (κ1) is 17.6. The van der Waals surface area contributed by atoms with Gasteiger partial charge in [0.1, 0.15) is 11.3 Å². The molecule has 0 bridgehead atoms. The number of nitrogens with one attached hydrogen (secondary N) is 1. The molecule has 25 heavy (non-hydrogen) atoms. The number of carboxylic acid groups (broad SMARTS) is 1. The zero-order valence-corrected chi connectivity index (χ0v) is 14.9. The summed E-state index contributed by atoms with van der Waals surface area (Å²) in [5.41, 5.74) is 0.994. The van der Waals surface area contributed by atoms with Crippen LogP contribution in [0, 0.1) is 5.41 Å². The largest absolute Gasteiger partial charge is 0.478 e. The Morgan fingerprint density at radius 1 is 1.24 bits per heavy atom. The Bertz CT molecular complexity index is 779. The molecule has 1 saturated carbocycles. The van der Waals surface area contributed by atoms with Crippen molar-refractivity contribution in [3.05, 3.63) is 53.5 Å². The average molecular weight is 359 g/mol. The van der Waals surface area contributed by atoms with E-state index in [1.54, 1.807) is 6.07 Å². The summed E-state index contributed by atoms with van der Waals surface area (Å²) in [7, 11) is 0. The van der Waals surface area contributed by atoms with Gasteiger partial charge in [0.2, 0.25) is 0 Å². The second-order valence-electron chi connectivity index (χ2n) is 6.69. The van der Waals surface area contributed by atoms with Crippen LogP contribution in [0.5, 0.6) is 0 Å². The van der Waals surface area contributed by atoms with Crippen molar-refractivity contribution in [3.63, 3.8) is 0 Å². The maximum atomic E-state index is 12.5. The number of amides is 1. The van der Waals surface area contributed by atoms with Crippen molar-refractivity contribution >= 4 is 23.6 Å². The summed E-state index contributed by atoms with van der Waals surface area (Å²) in [6.45, 7) is 2.88. The van der Waals surface area contributed by atoms with Crippen LogP contribution in [0.1, 0.15) is 52.7 Å². The minimum Gasteiger partial charge on any atom is -0.478 e. The van der Waals surface area contributed by atoms with E-state index in [1.807, 2.05) is 18.2 Å². The molecule has 5 nitrogen and oxygen atoms in total. The number of hydrogen-bond acceptors (Lipinski definition) is 4. The van der Waals surface area contributed by atoms with Crippen molar-refractivity contribution in [1.82, 2.24) is 5.32 Å². The van der Waals surface area contributed by atoms with E-state index < -0.39 is 5.97 Å². The first-order valence-electron chi connectivity index (χ1n) is 8.28. The van der Waals surface area contributed by atoms with Gasteiger partial charge in [-0.15, -0.1) is 11.8 Å². The molecule has 0 saturated heterocycles. The number of furan rings is 1. The number of benzene rings is 1. The van der Waals surface area contributed by atoms with Gasteiger partial charge in [0.25, 0.3) is 5.91 Å². The Hall–Kier alpha value is -2.21. The van der Waals surface area contributed by atoms with Crippen molar-refractivity contribution in [2.75, 3.05) is 6.54 Å². The van der Waals surface area contributed by atoms with Gasteiger partial charge in [0.15, 0.2) is 0 Å². The molecule has 1 aliphatic rings. The van der Waals surface area contributed by atoms with Crippen molar-refractivity contribution in [1.29, 1.82) is 0 Å². The fraction of sp³-hybridized carbons (Fsp3) is 0.368. The number of thioether (sulfide) groups is 1. The minimum absolute atomic E-state index is 0.0888. The van der Waals surface area contributed by atoms with E-state index >= 15 is 0 Å². The molecule has 0 unspecified atom stereocenters. The maximum Gasteiger partial charge on any atom is 0.339 e. The predicted molar refractivity (Wildman–Crippen MR) is 96.0 cm³/mol. The van der Waals surface area contributed by atoms with Gasteiger partial charge in [-0.3, -0.25) is 4.79 Å². The minimum atomic E-state index is -1.01. The summed E-state index contributed by atoms with van der Waals surface area (Å²) < 4.78 is 5.26. The average Bonchev–Trinajstić information content (AvgIpc) is 3.05. The summed E-state index contributed by atoms with van der Waals surface area (Å²) >= 11 is 1.40. The summed E-state index contributed by atoms with van der Waals surface area (Å²) in [4.78, 5) is 24.5. The quantitative estimate of drug-likeness (QED) is 0.725. The van der Waals surface area contributed by atoms with Crippen molar-refractivity contribution < 1.29 is 19.1 Å². The highest BCUT2D eigenvalue weighted by Crippen LogP contribution is 2.39. The fourth-order valence-corrected chi connectivity index (χ4v) is 3.91. The molecule has 3 rings (SSSR count). The number of aromatic carboxylic acids is 1. The third-order valence-corrected chi connectivity index (χ3v) is 5.78. The second kappa shape index (κ2) is 7.35. The predicted octanol–water partition coefficient (Wildman–Crippen LogP) is 4.19. The normalized spacial score (nSPS) is 15.4. The molecule has 0 radical (unpaired) electrons. The van der Waals surface area contributed by atoms with Crippen LogP contribution in [0.25, 0.3) is 0 Å². The van der Waals surface area contributed by atoms with Gasteiger partial charge in [0.05, 0.1) is 17.6 Å². The van der Waals surface area contributed by atoms with Crippen LogP contribution in [0.4, 0.5) is 0 Å². The van der Waals surface area contributed by atoms with Gasteiger partial charge in [-0.25, -0.2) is 4.79 Å². The molecule has 1 aromatic carbocycles. The van der Waals surface area contributed by atoms with Gasteiger partial charge in [-0.1, -0.05) is 25.5 Å². The van der Waals surface area contributed by atoms with E-state index in [4.69, 9.17) is 9.52 Å². The Kier molecular flexibility index (Phi) is 5.18. The molecule has 6 heteroatoms. The molecule has 2 aromatic rings. The number of hydrogen-bond donors (Lipinski definition) is 2. The van der Waals surface area contributed by atoms with Gasteiger partial charge in [-0.05, 0) is 36.5 Å². The van der Waals surface area contributed by atoms with Gasteiger partial charge in [0, 0.05) is 11.4 Å². The van der Waals surface area contributed by atoms with Gasteiger partial charge in [-0.2, -0.15) is 0 Å². The molecule has 1 aromatic heterocycles. The van der Waals surface area contributed by atoms with Gasteiger partial charge < -0.3 is 14.8 Å². The van der Waals surface area contributed by atoms with Crippen LogP contribution in [-0.2, 0) is 5.75 Å². The lowest BCUT2D eigenvalue weighted by molar-refractivity contribution is 0.0694. The maximum absolute atomic E-state index is 12.5. The van der Waals surface area contributed by atoms with E-state index in [0.29, 0.717) is 23.6 Å². The van der Waals surface area contributed by atoms with Crippen LogP contribution >= 0.6 is 11.8 Å². The molecule has 1 fully saturated rings. The van der Waals surface area contributed by atoms with Crippen molar-refractivity contribution in [3.8, 4) is 0 Å². The Labute approximate surface area is 150 Å². The molecule has 0 aliphatic heterocycles. The fourth-order valence-electron chi connectivity index (χ4n) is 2.91. The molecule has 1 aliphatic carbocycles. The van der Waals surface area contributed by atoms with Crippen LogP contribution in [0.3, 0.4) is 0 Å². The zero-order valence-electron chi connectivity index (χ0n) is 14.1. The first-order valence-corrected chi connectivity index (χ1v) is 9.27. The summed E-state index contributed by atoms with van der Waals surface area (Å²) in [5.74, 6) is -0.343. The van der Waals surface area contributed by atoms with E-state index in [1.165, 1.54) is 30.5 Å². The number of carbonyl (C=O) groups excluding carboxylic acids is 1. The van der Waals surface area contributed by atoms with Crippen molar-refractivity contribution in [2.24, 2.45) is 5.41 Å². The lowest BCUT2D eigenvalue weighted by atomic mass is 9.70. The highest BCUT2D eigenvalue weighted by atomic mass is 32.2. The molecular formula is C19H21NO4S. The molecule has 0 atom stereocenters. The molecule has 2 N–H and O–H groups in total. The highest BCUT2D eigenvalue weighted by Gasteiger charge is 2.32. The standard InChI is InChI=1S/C19H21NO4S/c1-19(8-4-9-19)12-20-17(21)14-5-2-3-6-16(14)25-11-15-13(18(22)23)7-10-24-15/h2-3,5-7,10H,4,8-9,11-12H2,1H3,(H,20,21)(H,22,23). The van der Waals surface area contributed by atoms with E-state index in [9.17, 15) is 9.59 Å². The first-order chi connectivity index (χ1) is 12.0. The highest BCUT2D eigenvalue weighted by molar-refractivity contribution is 7.98. The number of rotatable bonds is 7. The smallest absolute Gasteiger partial charge is 0.339 e. The van der Waals surface area contributed by atoms with E-state index in [0.717, 1.165) is 17.7 Å².